The summed E-state index contributed by atoms with van der Waals surface area (Å²) in [5.74, 6) is 0.614. The summed E-state index contributed by atoms with van der Waals surface area (Å²) in [6, 6.07) is 15.1. The van der Waals surface area contributed by atoms with Gasteiger partial charge in [0.05, 0.1) is 39.7 Å². The van der Waals surface area contributed by atoms with Crippen molar-refractivity contribution in [2.24, 2.45) is 5.10 Å². The predicted molar refractivity (Wildman–Crippen MR) is 135 cm³/mol. The normalized spacial score (nSPS) is 10.6. The molecule has 0 saturated heterocycles. The number of esters is 1. The van der Waals surface area contributed by atoms with Crippen molar-refractivity contribution in [3.8, 4) is 28.7 Å². The molecule has 0 fully saturated rings. The number of hydrazone groups is 1. The van der Waals surface area contributed by atoms with Crippen molar-refractivity contribution >= 4 is 18.1 Å². The van der Waals surface area contributed by atoms with Gasteiger partial charge in [-0.15, -0.1) is 0 Å². The molecule has 0 aliphatic heterocycles. The monoisotopic (exact) mass is 492 g/mol. The van der Waals surface area contributed by atoms with E-state index in [2.05, 4.69) is 10.5 Å². The molecule has 0 heterocycles. The highest BCUT2D eigenvalue weighted by atomic mass is 16.6. The topological polar surface area (TPSA) is 105 Å². The predicted octanol–water partition coefficient (Wildman–Crippen LogP) is 4.40. The second-order valence-corrected chi connectivity index (χ2v) is 7.51. The number of aryl methyl sites for hydroxylation is 1. The van der Waals surface area contributed by atoms with Gasteiger partial charge in [-0.05, 0) is 61.9 Å². The molecule has 36 heavy (non-hydrogen) atoms. The SMILES string of the molecule is CCOc1cc(C=NNC(=O)c2ccc(C)cc2)ccc1OC(=O)c1cc(OC)c(OC)c(OC)c1. The molecule has 1 amide bonds. The van der Waals surface area contributed by atoms with E-state index in [-0.39, 0.29) is 17.2 Å². The molecular weight excluding hydrogens is 464 g/mol. The first kappa shape index (κ1) is 26.1. The number of nitrogens with zero attached hydrogens (tertiary/aromatic N) is 1. The minimum absolute atomic E-state index is 0.205. The van der Waals surface area contributed by atoms with Gasteiger partial charge in [0.2, 0.25) is 5.75 Å². The maximum absolute atomic E-state index is 12.9. The lowest BCUT2D eigenvalue weighted by Crippen LogP contribution is -2.17. The van der Waals surface area contributed by atoms with E-state index in [1.54, 1.807) is 30.3 Å². The van der Waals surface area contributed by atoms with Gasteiger partial charge < -0.3 is 23.7 Å². The van der Waals surface area contributed by atoms with E-state index >= 15 is 0 Å². The lowest BCUT2D eigenvalue weighted by atomic mass is 10.1. The van der Waals surface area contributed by atoms with Crippen LogP contribution in [0.2, 0.25) is 0 Å². The van der Waals surface area contributed by atoms with Crippen molar-refractivity contribution in [2.75, 3.05) is 27.9 Å². The van der Waals surface area contributed by atoms with Crippen molar-refractivity contribution in [1.82, 2.24) is 5.43 Å². The average molecular weight is 493 g/mol. The van der Waals surface area contributed by atoms with Gasteiger partial charge >= 0.3 is 5.97 Å². The van der Waals surface area contributed by atoms with E-state index in [1.165, 1.54) is 39.7 Å². The number of carbonyl (C=O) groups excluding carboxylic acids is 2. The number of rotatable bonds is 10. The molecule has 9 heteroatoms. The first-order valence-electron chi connectivity index (χ1n) is 11.1. The molecule has 0 aliphatic carbocycles. The molecule has 0 spiro atoms. The van der Waals surface area contributed by atoms with Crippen molar-refractivity contribution in [3.63, 3.8) is 0 Å². The van der Waals surface area contributed by atoms with Crippen molar-refractivity contribution in [2.45, 2.75) is 13.8 Å². The standard InChI is InChI=1S/C27H28N2O7/c1-6-35-22-13-18(16-28-29-26(30)19-10-7-17(2)8-11-19)9-12-21(22)36-27(31)20-14-23(32-3)25(34-5)24(15-20)33-4/h7-16H,6H2,1-5H3,(H,29,30). The molecule has 3 rings (SSSR count). The van der Waals surface area contributed by atoms with Crippen LogP contribution in [0.15, 0.2) is 59.7 Å². The van der Waals surface area contributed by atoms with E-state index in [0.717, 1.165) is 5.56 Å². The zero-order valence-corrected chi connectivity index (χ0v) is 20.8. The maximum Gasteiger partial charge on any atom is 0.343 e. The van der Waals surface area contributed by atoms with E-state index in [9.17, 15) is 9.59 Å². The molecule has 0 aromatic heterocycles. The van der Waals surface area contributed by atoms with Crippen LogP contribution in [0.5, 0.6) is 28.7 Å². The Morgan fingerprint density at radius 2 is 1.50 bits per heavy atom. The molecule has 0 bridgehead atoms. The third-order valence-corrected chi connectivity index (χ3v) is 5.06. The lowest BCUT2D eigenvalue weighted by Gasteiger charge is -2.15. The summed E-state index contributed by atoms with van der Waals surface area (Å²) in [6.07, 6.45) is 1.47. The smallest absolute Gasteiger partial charge is 0.343 e. The van der Waals surface area contributed by atoms with Crippen LogP contribution in [-0.2, 0) is 0 Å². The van der Waals surface area contributed by atoms with Gasteiger partial charge in [-0.1, -0.05) is 17.7 Å². The fourth-order valence-electron chi connectivity index (χ4n) is 3.25. The molecule has 9 nitrogen and oxygen atoms in total. The van der Waals surface area contributed by atoms with E-state index in [0.29, 0.717) is 40.7 Å². The summed E-state index contributed by atoms with van der Waals surface area (Å²) in [4.78, 5) is 25.1. The molecule has 3 aromatic rings. The third kappa shape index (κ3) is 6.32. The van der Waals surface area contributed by atoms with Gasteiger partial charge in [0.1, 0.15) is 0 Å². The summed E-state index contributed by atoms with van der Waals surface area (Å²) in [5, 5.41) is 4.01. The summed E-state index contributed by atoms with van der Waals surface area (Å²) in [5.41, 5.74) is 4.89. The molecule has 0 radical (unpaired) electrons. The summed E-state index contributed by atoms with van der Waals surface area (Å²) >= 11 is 0. The molecular formula is C27H28N2O7. The summed E-state index contributed by atoms with van der Waals surface area (Å²) in [6.45, 7) is 4.11. The lowest BCUT2D eigenvalue weighted by molar-refractivity contribution is 0.0727. The molecule has 3 aromatic carbocycles. The van der Waals surface area contributed by atoms with Gasteiger partial charge in [-0.3, -0.25) is 4.79 Å². The number of hydrogen-bond acceptors (Lipinski definition) is 8. The Labute approximate surface area is 209 Å². The van der Waals surface area contributed by atoms with E-state index in [1.807, 2.05) is 26.0 Å². The minimum Gasteiger partial charge on any atom is -0.493 e. The number of hydrogen-bond donors (Lipinski definition) is 1. The van der Waals surface area contributed by atoms with Gasteiger partial charge in [0.15, 0.2) is 23.0 Å². The Hall–Kier alpha value is -4.53. The zero-order chi connectivity index (χ0) is 26.1. The third-order valence-electron chi connectivity index (χ3n) is 5.06. The van der Waals surface area contributed by atoms with Gasteiger partial charge in [0, 0.05) is 5.56 Å². The molecule has 0 atom stereocenters. The fraction of sp³-hybridized carbons (Fsp3) is 0.222. The minimum atomic E-state index is -0.637. The Balaban J connectivity index is 1.77. The number of benzene rings is 3. The largest absolute Gasteiger partial charge is 0.493 e. The highest BCUT2D eigenvalue weighted by molar-refractivity contribution is 5.95. The maximum atomic E-state index is 12.9. The Bertz CT molecular complexity index is 1230. The Kier molecular flexibility index (Phi) is 8.88. The first-order chi connectivity index (χ1) is 17.4. The molecule has 1 N–H and O–H groups in total. The van der Waals surface area contributed by atoms with Gasteiger partial charge in [-0.25, -0.2) is 10.2 Å². The second-order valence-electron chi connectivity index (χ2n) is 7.51. The second kappa shape index (κ2) is 12.3. The van der Waals surface area contributed by atoms with Crippen LogP contribution in [0.1, 0.15) is 38.8 Å². The first-order valence-corrected chi connectivity index (χ1v) is 11.1. The van der Waals surface area contributed by atoms with Crippen LogP contribution in [0, 0.1) is 6.92 Å². The molecule has 0 unspecified atom stereocenters. The van der Waals surface area contributed by atoms with Crippen LogP contribution >= 0.6 is 0 Å². The van der Waals surface area contributed by atoms with Gasteiger partial charge in [-0.2, -0.15) is 5.10 Å². The van der Waals surface area contributed by atoms with Crippen LogP contribution in [0.4, 0.5) is 0 Å². The quantitative estimate of drug-likeness (QED) is 0.194. The van der Waals surface area contributed by atoms with Crippen LogP contribution in [0.25, 0.3) is 0 Å². The van der Waals surface area contributed by atoms with Crippen LogP contribution in [-0.4, -0.2) is 46.0 Å². The van der Waals surface area contributed by atoms with Crippen molar-refractivity contribution < 1.29 is 33.3 Å². The number of nitrogens with one attached hydrogen (secondary N) is 1. The average Bonchev–Trinajstić information content (AvgIpc) is 2.89. The Morgan fingerprint density at radius 1 is 0.833 bits per heavy atom. The molecule has 188 valence electrons. The fourth-order valence-corrected chi connectivity index (χ4v) is 3.25. The van der Waals surface area contributed by atoms with Crippen LogP contribution in [0.3, 0.4) is 0 Å². The number of amides is 1. The summed E-state index contributed by atoms with van der Waals surface area (Å²) in [7, 11) is 4.40. The molecule has 0 saturated carbocycles. The van der Waals surface area contributed by atoms with E-state index in [4.69, 9.17) is 23.7 Å². The highest BCUT2D eigenvalue weighted by Gasteiger charge is 2.20. The molecule has 0 aliphatic rings. The number of ether oxygens (including phenoxy) is 5. The zero-order valence-electron chi connectivity index (χ0n) is 20.8. The van der Waals surface area contributed by atoms with Crippen molar-refractivity contribution in [3.05, 3.63) is 76.9 Å². The van der Waals surface area contributed by atoms with Crippen molar-refractivity contribution in [1.29, 1.82) is 0 Å². The van der Waals surface area contributed by atoms with Crippen LogP contribution < -0.4 is 29.1 Å². The highest BCUT2D eigenvalue weighted by Crippen LogP contribution is 2.38. The Morgan fingerprint density at radius 3 is 2.08 bits per heavy atom. The summed E-state index contributed by atoms with van der Waals surface area (Å²) < 4.78 is 27.1. The van der Waals surface area contributed by atoms with Gasteiger partial charge in [0.25, 0.3) is 5.91 Å². The number of carbonyl (C=O) groups is 2. The van der Waals surface area contributed by atoms with E-state index < -0.39 is 5.97 Å². The number of methoxy groups -OCH3 is 3.